The largest absolute Gasteiger partial charge is 0.573 e. The maximum atomic E-state index is 13.2. The van der Waals surface area contributed by atoms with E-state index in [-0.39, 0.29) is 29.4 Å². The van der Waals surface area contributed by atoms with E-state index in [2.05, 4.69) is 19.9 Å². The molecule has 0 aliphatic carbocycles. The molecule has 2 aromatic carbocycles. The third kappa shape index (κ3) is 6.97. The number of rotatable bonds is 8. The Morgan fingerprint density at radius 2 is 1.85 bits per heavy atom. The molecule has 40 heavy (non-hydrogen) atoms. The summed E-state index contributed by atoms with van der Waals surface area (Å²) in [6.45, 7) is 1.01. The first-order valence-corrected chi connectivity index (χ1v) is 12.4. The van der Waals surface area contributed by atoms with Crippen LogP contribution in [-0.2, 0) is 13.1 Å². The third-order valence-corrected chi connectivity index (χ3v) is 6.66. The van der Waals surface area contributed by atoms with Gasteiger partial charge in [0.25, 0.3) is 17.4 Å². The summed E-state index contributed by atoms with van der Waals surface area (Å²) >= 11 is 0. The molecule has 3 aromatic rings. The number of nitrogens with zero attached hydrogens (tertiary/aromatic N) is 3. The van der Waals surface area contributed by atoms with Crippen LogP contribution >= 0.6 is 0 Å². The quantitative estimate of drug-likeness (QED) is 0.437. The highest BCUT2D eigenvalue weighted by molar-refractivity contribution is 5.95. The first kappa shape index (κ1) is 28.6. The highest BCUT2D eigenvalue weighted by atomic mass is 19.4. The van der Waals surface area contributed by atoms with E-state index in [1.165, 1.54) is 17.0 Å². The van der Waals surface area contributed by atoms with Crippen LogP contribution in [0.4, 0.5) is 13.2 Å². The Morgan fingerprint density at radius 1 is 1.12 bits per heavy atom. The predicted octanol–water partition coefficient (Wildman–Crippen LogP) is 2.19. The minimum absolute atomic E-state index is 0.00210. The minimum atomic E-state index is -5.05. The number of aromatic nitrogens is 2. The Morgan fingerprint density at radius 3 is 2.48 bits per heavy atom. The van der Waals surface area contributed by atoms with E-state index in [1.54, 1.807) is 37.4 Å². The van der Waals surface area contributed by atoms with E-state index >= 15 is 0 Å². The van der Waals surface area contributed by atoms with Crippen LogP contribution in [0, 0.1) is 0 Å². The standard InChI is InChI=1S/C27H28F3N5O5/c1-33-11-10-20(16-33)34(2)25(38)18-8-9-19(22(12-18)40-27(28,29)30)14-31-24(37)21-13-23(36)35(26(39)32-21)15-17-6-4-3-5-7-17/h3-9,12-13,20H,10-11,14-16H2,1-2H3,(H,31,37)(H,32,39). The minimum Gasteiger partial charge on any atom is -0.405 e. The van der Waals surface area contributed by atoms with Crippen LogP contribution in [0.5, 0.6) is 5.75 Å². The number of aromatic amines is 1. The van der Waals surface area contributed by atoms with Crippen molar-refractivity contribution in [3.63, 3.8) is 0 Å². The number of carbonyl (C=O) groups is 2. The van der Waals surface area contributed by atoms with Crippen molar-refractivity contribution in [2.24, 2.45) is 0 Å². The molecule has 1 aliphatic rings. The number of likely N-dealkylation sites (N-methyl/N-ethyl adjacent to an activating group) is 2. The molecular formula is C27H28F3N5O5. The van der Waals surface area contributed by atoms with Gasteiger partial charge >= 0.3 is 12.1 Å². The first-order valence-electron chi connectivity index (χ1n) is 12.4. The highest BCUT2D eigenvalue weighted by Gasteiger charge is 2.33. The molecule has 1 fully saturated rings. The second-order valence-electron chi connectivity index (χ2n) is 9.57. The molecule has 1 aromatic heterocycles. The fraction of sp³-hybridized carbons (Fsp3) is 0.333. The van der Waals surface area contributed by atoms with Crippen molar-refractivity contribution in [3.8, 4) is 5.75 Å². The summed E-state index contributed by atoms with van der Waals surface area (Å²) in [7, 11) is 3.52. The van der Waals surface area contributed by atoms with Gasteiger partial charge in [0, 0.05) is 43.4 Å². The maximum absolute atomic E-state index is 13.2. The van der Waals surface area contributed by atoms with Crippen molar-refractivity contribution < 1.29 is 27.5 Å². The molecule has 10 nitrogen and oxygen atoms in total. The summed E-state index contributed by atoms with van der Waals surface area (Å²) in [4.78, 5) is 56.5. The molecule has 0 radical (unpaired) electrons. The molecule has 0 saturated carbocycles. The zero-order chi connectivity index (χ0) is 29.0. The van der Waals surface area contributed by atoms with E-state index in [0.29, 0.717) is 12.1 Å². The number of carbonyl (C=O) groups excluding carboxylic acids is 2. The lowest BCUT2D eigenvalue weighted by Crippen LogP contribution is -2.38. The summed E-state index contributed by atoms with van der Waals surface area (Å²) < 4.78 is 44.6. The molecule has 2 N–H and O–H groups in total. The van der Waals surface area contributed by atoms with Gasteiger partial charge in [-0.1, -0.05) is 36.4 Å². The summed E-state index contributed by atoms with van der Waals surface area (Å²) in [5.41, 5.74) is -1.26. The summed E-state index contributed by atoms with van der Waals surface area (Å²) in [5, 5.41) is 2.38. The van der Waals surface area contributed by atoms with Crippen LogP contribution in [0.1, 0.15) is 38.4 Å². The Kier molecular flexibility index (Phi) is 8.43. The molecule has 1 atom stereocenters. The molecule has 1 saturated heterocycles. The summed E-state index contributed by atoms with van der Waals surface area (Å²) in [6.07, 6.45) is -4.30. The molecule has 0 bridgehead atoms. The number of benzene rings is 2. The molecule has 2 amide bonds. The van der Waals surface area contributed by atoms with Gasteiger partial charge in [0.15, 0.2) is 0 Å². The van der Waals surface area contributed by atoms with Crippen molar-refractivity contribution in [2.75, 3.05) is 27.2 Å². The van der Waals surface area contributed by atoms with Gasteiger partial charge in [-0.25, -0.2) is 4.79 Å². The molecule has 13 heteroatoms. The fourth-order valence-corrected chi connectivity index (χ4v) is 4.48. The van der Waals surface area contributed by atoms with Gasteiger partial charge in [-0.15, -0.1) is 13.2 Å². The Bertz CT molecular complexity index is 1470. The monoisotopic (exact) mass is 559 g/mol. The van der Waals surface area contributed by atoms with Crippen molar-refractivity contribution in [1.82, 2.24) is 24.7 Å². The highest BCUT2D eigenvalue weighted by Crippen LogP contribution is 2.28. The number of hydrogen-bond acceptors (Lipinski definition) is 6. The van der Waals surface area contributed by atoms with Crippen LogP contribution in [0.3, 0.4) is 0 Å². The van der Waals surface area contributed by atoms with Crippen LogP contribution in [0.15, 0.2) is 64.2 Å². The van der Waals surface area contributed by atoms with Crippen LogP contribution in [0.25, 0.3) is 0 Å². The van der Waals surface area contributed by atoms with E-state index in [1.807, 2.05) is 7.05 Å². The first-order chi connectivity index (χ1) is 18.9. The molecular weight excluding hydrogens is 531 g/mol. The lowest BCUT2D eigenvalue weighted by atomic mass is 10.1. The molecule has 1 aliphatic heterocycles. The Balaban J connectivity index is 1.50. The van der Waals surface area contributed by atoms with Gasteiger partial charge in [0.1, 0.15) is 11.4 Å². The topological polar surface area (TPSA) is 117 Å². The van der Waals surface area contributed by atoms with E-state index in [4.69, 9.17) is 0 Å². The molecule has 2 heterocycles. The third-order valence-electron chi connectivity index (χ3n) is 6.66. The van der Waals surface area contributed by atoms with E-state index in [9.17, 15) is 32.3 Å². The van der Waals surface area contributed by atoms with Crippen LogP contribution in [0.2, 0.25) is 0 Å². The van der Waals surface area contributed by atoms with E-state index < -0.39 is 41.7 Å². The average molecular weight is 560 g/mol. The zero-order valence-corrected chi connectivity index (χ0v) is 21.8. The van der Waals surface area contributed by atoms with Gasteiger partial charge in [0.2, 0.25) is 0 Å². The number of nitrogens with one attached hydrogen (secondary N) is 2. The lowest BCUT2D eigenvalue weighted by molar-refractivity contribution is -0.274. The number of likely N-dealkylation sites (tertiary alicyclic amines) is 1. The van der Waals surface area contributed by atoms with Crippen molar-refractivity contribution in [1.29, 1.82) is 0 Å². The number of amides is 2. The maximum Gasteiger partial charge on any atom is 0.573 e. The number of ether oxygens (including phenoxy) is 1. The zero-order valence-electron chi connectivity index (χ0n) is 21.8. The molecule has 4 rings (SSSR count). The summed E-state index contributed by atoms with van der Waals surface area (Å²) in [6, 6.07) is 13.2. The number of halogens is 3. The summed E-state index contributed by atoms with van der Waals surface area (Å²) in [5.74, 6) is -2.00. The van der Waals surface area contributed by atoms with Gasteiger partial charge in [0.05, 0.1) is 6.54 Å². The van der Waals surface area contributed by atoms with Gasteiger partial charge in [-0.3, -0.25) is 19.0 Å². The average Bonchev–Trinajstić information content (AvgIpc) is 3.34. The normalized spacial score (nSPS) is 15.6. The smallest absolute Gasteiger partial charge is 0.405 e. The second kappa shape index (κ2) is 11.8. The van der Waals surface area contributed by atoms with Gasteiger partial charge < -0.3 is 24.8 Å². The predicted molar refractivity (Wildman–Crippen MR) is 139 cm³/mol. The molecule has 0 spiro atoms. The number of hydrogen-bond donors (Lipinski definition) is 2. The molecule has 1 unspecified atom stereocenters. The SMILES string of the molecule is CN1CCC(N(C)C(=O)c2ccc(CNC(=O)c3cc(=O)n(Cc4ccccc4)c(=O)[nH]3)c(OC(F)(F)F)c2)C1. The van der Waals surface area contributed by atoms with Gasteiger partial charge in [-0.05, 0) is 37.7 Å². The number of alkyl halides is 3. The number of H-pyrrole nitrogens is 1. The molecule has 212 valence electrons. The Hall–Kier alpha value is -4.39. The van der Waals surface area contributed by atoms with Crippen molar-refractivity contribution in [2.45, 2.75) is 31.9 Å². The Labute approximate surface area is 227 Å². The second-order valence-corrected chi connectivity index (χ2v) is 9.57. The van der Waals surface area contributed by atoms with Crippen LogP contribution in [-0.4, -0.2) is 70.8 Å². The van der Waals surface area contributed by atoms with Crippen molar-refractivity contribution in [3.05, 3.63) is 97.8 Å². The van der Waals surface area contributed by atoms with Gasteiger partial charge in [-0.2, -0.15) is 0 Å². The van der Waals surface area contributed by atoms with Crippen molar-refractivity contribution >= 4 is 11.8 Å². The van der Waals surface area contributed by atoms with Crippen LogP contribution < -0.4 is 21.3 Å². The fourth-order valence-electron chi connectivity index (χ4n) is 4.48. The lowest BCUT2D eigenvalue weighted by Gasteiger charge is -2.25. The van der Waals surface area contributed by atoms with E-state index in [0.717, 1.165) is 29.7 Å².